The van der Waals surface area contributed by atoms with Crippen molar-refractivity contribution in [1.82, 2.24) is 10.2 Å². The third-order valence-electron chi connectivity index (χ3n) is 2.95. The Bertz CT molecular complexity index is 232. The van der Waals surface area contributed by atoms with Crippen LogP contribution in [-0.4, -0.2) is 56.8 Å². The van der Waals surface area contributed by atoms with E-state index < -0.39 is 0 Å². The van der Waals surface area contributed by atoms with E-state index in [9.17, 15) is 0 Å². The number of hydrogen-bond donors (Lipinski definition) is 2. The lowest BCUT2D eigenvalue weighted by atomic mass is 10.2. The zero-order chi connectivity index (χ0) is 12.0. The first kappa shape index (κ1) is 13.3. The summed E-state index contributed by atoms with van der Waals surface area (Å²) in [7, 11) is 3.82. The molecule has 5 heteroatoms. The minimum Gasteiger partial charge on any atom is -0.383 e. The molecule has 0 bridgehead atoms. The Balaban J connectivity index is 2.27. The van der Waals surface area contributed by atoms with Gasteiger partial charge in [0, 0.05) is 19.2 Å². The number of likely N-dealkylation sites (tertiary alicyclic amines) is 1. The van der Waals surface area contributed by atoms with E-state index in [-0.39, 0.29) is 6.04 Å². The maximum atomic E-state index is 5.79. The van der Waals surface area contributed by atoms with Crippen LogP contribution < -0.4 is 11.1 Å². The Morgan fingerprint density at radius 2 is 2.44 bits per heavy atom. The van der Waals surface area contributed by atoms with Crippen molar-refractivity contribution in [2.75, 3.05) is 33.9 Å². The summed E-state index contributed by atoms with van der Waals surface area (Å²) in [6, 6.07) is 0.758. The van der Waals surface area contributed by atoms with E-state index in [2.05, 4.69) is 22.3 Å². The van der Waals surface area contributed by atoms with Gasteiger partial charge in [0.05, 0.1) is 13.2 Å². The van der Waals surface area contributed by atoms with Crippen LogP contribution in [0.1, 0.15) is 19.8 Å². The van der Waals surface area contributed by atoms with Crippen molar-refractivity contribution in [3.63, 3.8) is 0 Å². The lowest BCUT2D eigenvalue weighted by Gasteiger charge is -2.18. The largest absolute Gasteiger partial charge is 0.383 e. The molecule has 2 unspecified atom stereocenters. The number of hydrogen-bond acceptors (Lipinski definition) is 3. The van der Waals surface area contributed by atoms with E-state index in [0.29, 0.717) is 18.6 Å². The first-order valence-corrected chi connectivity index (χ1v) is 5.89. The molecule has 16 heavy (non-hydrogen) atoms. The van der Waals surface area contributed by atoms with E-state index in [1.807, 2.05) is 6.92 Å². The number of likely N-dealkylation sites (N-methyl/N-ethyl adjacent to an activating group) is 1. The highest BCUT2D eigenvalue weighted by atomic mass is 16.5. The summed E-state index contributed by atoms with van der Waals surface area (Å²) in [6.07, 6.45) is 2.49. The number of rotatable bonds is 5. The molecule has 1 aliphatic heterocycles. The summed E-state index contributed by atoms with van der Waals surface area (Å²) < 4.78 is 5.02. The highest BCUT2D eigenvalue weighted by molar-refractivity contribution is 5.78. The minimum atomic E-state index is 0.204. The van der Waals surface area contributed by atoms with E-state index >= 15 is 0 Å². The zero-order valence-electron chi connectivity index (χ0n) is 10.6. The summed E-state index contributed by atoms with van der Waals surface area (Å²) in [5.74, 6) is 0.518. The van der Waals surface area contributed by atoms with Gasteiger partial charge in [-0.1, -0.05) is 0 Å². The van der Waals surface area contributed by atoms with Crippen LogP contribution >= 0.6 is 0 Å². The molecule has 1 rings (SSSR count). The minimum absolute atomic E-state index is 0.204. The fourth-order valence-electron chi connectivity index (χ4n) is 2.00. The van der Waals surface area contributed by atoms with Crippen molar-refractivity contribution in [2.24, 2.45) is 10.7 Å². The van der Waals surface area contributed by atoms with Crippen molar-refractivity contribution in [3.05, 3.63) is 0 Å². The van der Waals surface area contributed by atoms with Gasteiger partial charge in [0.15, 0.2) is 5.96 Å². The molecule has 2 atom stereocenters. The number of guanidine groups is 1. The van der Waals surface area contributed by atoms with Crippen LogP contribution in [0.15, 0.2) is 4.99 Å². The normalized spacial score (nSPS) is 24.7. The molecule has 0 aliphatic carbocycles. The molecule has 0 amide bonds. The second kappa shape index (κ2) is 6.70. The maximum Gasteiger partial charge on any atom is 0.188 e. The molecule has 0 radical (unpaired) electrons. The molecule has 0 aromatic carbocycles. The summed E-state index contributed by atoms with van der Waals surface area (Å²) in [5.41, 5.74) is 5.79. The van der Waals surface area contributed by atoms with Gasteiger partial charge in [0.1, 0.15) is 0 Å². The van der Waals surface area contributed by atoms with Gasteiger partial charge in [-0.25, -0.2) is 0 Å². The Kier molecular flexibility index (Phi) is 5.55. The second-order valence-corrected chi connectivity index (χ2v) is 4.50. The van der Waals surface area contributed by atoms with Gasteiger partial charge < -0.3 is 20.7 Å². The molecular formula is C11H24N4O. The molecule has 1 saturated heterocycles. The van der Waals surface area contributed by atoms with Gasteiger partial charge in [-0.3, -0.25) is 4.99 Å². The van der Waals surface area contributed by atoms with Gasteiger partial charge in [0.2, 0.25) is 0 Å². The van der Waals surface area contributed by atoms with E-state index in [1.54, 1.807) is 7.11 Å². The van der Waals surface area contributed by atoms with Crippen LogP contribution in [0.25, 0.3) is 0 Å². The highest BCUT2D eigenvalue weighted by Crippen LogP contribution is 2.14. The monoisotopic (exact) mass is 228 g/mol. The van der Waals surface area contributed by atoms with Gasteiger partial charge in [-0.05, 0) is 33.4 Å². The molecule has 0 aromatic heterocycles. The van der Waals surface area contributed by atoms with E-state index in [1.165, 1.54) is 19.4 Å². The number of methoxy groups -OCH3 is 1. The Morgan fingerprint density at radius 3 is 3.00 bits per heavy atom. The van der Waals surface area contributed by atoms with Gasteiger partial charge in [-0.2, -0.15) is 0 Å². The van der Waals surface area contributed by atoms with Crippen molar-refractivity contribution in [2.45, 2.75) is 31.8 Å². The molecular weight excluding hydrogens is 204 g/mol. The fraction of sp³-hybridized carbons (Fsp3) is 0.909. The molecule has 5 nitrogen and oxygen atoms in total. The predicted molar refractivity (Wildman–Crippen MR) is 66.6 cm³/mol. The van der Waals surface area contributed by atoms with Crippen molar-refractivity contribution in [3.8, 4) is 0 Å². The SMILES string of the molecule is COCC(C)NC(N)=NCC1CCCN1C. The maximum absolute atomic E-state index is 5.79. The summed E-state index contributed by atoms with van der Waals surface area (Å²) >= 11 is 0. The molecule has 0 spiro atoms. The topological polar surface area (TPSA) is 62.9 Å². The lowest BCUT2D eigenvalue weighted by Crippen LogP contribution is -2.41. The average Bonchev–Trinajstić information content (AvgIpc) is 2.61. The predicted octanol–water partition coefficient (Wildman–Crippen LogP) is 0.0198. The molecule has 3 N–H and O–H groups in total. The first-order valence-electron chi connectivity index (χ1n) is 5.89. The molecule has 0 aromatic rings. The summed E-state index contributed by atoms with van der Waals surface area (Å²) in [5, 5.41) is 3.10. The standard InChI is InChI=1S/C11H24N4O/c1-9(8-16-3)14-11(12)13-7-10-5-4-6-15(10)2/h9-10H,4-8H2,1-3H3,(H3,12,13,14). The second-order valence-electron chi connectivity index (χ2n) is 4.50. The fourth-order valence-corrected chi connectivity index (χ4v) is 2.00. The van der Waals surface area contributed by atoms with Crippen molar-refractivity contribution < 1.29 is 4.74 Å². The zero-order valence-corrected chi connectivity index (χ0v) is 10.6. The van der Waals surface area contributed by atoms with Crippen LogP contribution in [0.3, 0.4) is 0 Å². The molecule has 94 valence electrons. The number of nitrogens with two attached hydrogens (primary N) is 1. The smallest absolute Gasteiger partial charge is 0.188 e. The molecule has 1 heterocycles. The Morgan fingerprint density at radius 1 is 1.69 bits per heavy atom. The van der Waals surface area contributed by atoms with Crippen LogP contribution in [0, 0.1) is 0 Å². The number of nitrogens with one attached hydrogen (secondary N) is 1. The first-order chi connectivity index (χ1) is 7.63. The van der Waals surface area contributed by atoms with Crippen LogP contribution in [-0.2, 0) is 4.74 Å². The highest BCUT2D eigenvalue weighted by Gasteiger charge is 2.20. The molecule has 1 aliphatic rings. The van der Waals surface area contributed by atoms with Crippen LogP contribution in [0.2, 0.25) is 0 Å². The Labute approximate surface area is 98.0 Å². The molecule has 1 fully saturated rings. The van der Waals surface area contributed by atoms with Gasteiger partial charge in [0.25, 0.3) is 0 Å². The quantitative estimate of drug-likeness (QED) is 0.514. The van der Waals surface area contributed by atoms with E-state index in [0.717, 1.165) is 6.54 Å². The lowest BCUT2D eigenvalue weighted by molar-refractivity contribution is 0.179. The van der Waals surface area contributed by atoms with Gasteiger partial charge in [-0.15, -0.1) is 0 Å². The summed E-state index contributed by atoms with van der Waals surface area (Å²) in [6.45, 7) is 4.62. The van der Waals surface area contributed by atoms with Gasteiger partial charge >= 0.3 is 0 Å². The molecule has 0 saturated carbocycles. The van der Waals surface area contributed by atoms with Crippen LogP contribution in [0.4, 0.5) is 0 Å². The Hall–Kier alpha value is -0.810. The van der Waals surface area contributed by atoms with Crippen molar-refractivity contribution in [1.29, 1.82) is 0 Å². The average molecular weight is 228 g/mol. The third kappa shape index (κ3) is 4.37. The van der Waals surface area contributed by atoms with Crippen molar-refractivity contribution >= 4 is 5.96 Å². The number of ether oxygens (including phenoxy) is 1. The summed E-state index contributed by atoms with van der Waals surface area (Å²) in [4.78, 5) is 6.71. The van der Waals surface area contributed by atoms with Crippen LogP contribution in [0.5, 0.6) is 0 Å². The third-order valence-corrected chi connectivity index (χ3v) is 2.95. The number of aliphatic imine (C=N–C) groups is 1. The van der Waals surface area contributed by atoms with E-state index in [4.69, 9.17) is 10.5 Å². The number of nitrogens with zero attached hydrogens (tertiary/aromatic N) is 2.